The first-order valence-corrected chi connectivity index (χ1v) is 5.28. The lowest BCUT2D eigenvalue weighted by Crippen LogP contribution is -2.16. The number of nitriles is 1. The summed E-state index contributed by atoms with van der Waals surface area (Å²) in [7, 11) is 1.57. The lowest BCUT2D eigenvalue weighted by atomic mass is 10.2. The third kappa shape index (κ3) is 2.42. The van der Waals surface area contributed by atoms with Crippen LogP contribution in [0.1, 0.15) is 15.2 Å². The first-order chi connectivity index (χ1) is 7.61. The third-order valence-corrected chi connectivity index (χ3v) is 2.95. The molecule has 1 aromatic heterocycles. The number of anilines is 2. The maximum atomic E-state index is 11.2. The van der Waals surface area contributed by atoms with Crippen LogP contribution in [0.25, 0.3) is 0 Å². The van der Waals surface area contributed by atoms with Gasteiger partial charge in [-0.25, -0.2) is 0 Å². The number of thiophene rings is 1. The minimum absolute atomic E-state index is 0.139. The highest BCUT2D eigenvalue weighted by Gasteiger charge is 2.19. The Morgan fingerprint density at radius 1 is 1.69 bits per heavy atom. The fraction of sp³-hybridized carbons (Fsp3) is 0.333. The van der Waals surface area contributed by atoms with Crippen LogP contribution in [0.2, 0.25) is 0 Å². The second kappa shape index (κ2) is 5.34. The van der Waals surface area contributed by atoms with Crippen LogP contribution >= 0.6 is 11.3 Å². The van der Waals surface area contributed by atoms with E-state index in [1.165, 1.54) is 0 Å². The van der Waals surface area contributed by atoms with E-state index in [1.54, 1.807) is 7.11 Å². The molecule has 0 unspecified atom stereocenters. The predicted octanol–water partition coefficient (Wildman–Crippen LogP) is 0.359. The van der Waals surface area contributed by atoms with Gasteiger partial charge in [0.15, 0.2) is 0 Å². The zero-order valence-corrected chi connectivity index (χ0v) is 9.56. The van der Waals surface area contributed by atoms with Gasteiger partial charge in [0, 0.05) is 13.7 Å². The highest BCUT2D eigenvalue weighted by atomic mass is 32.1. The van der Waals surface area contributed by atoms with Gasteiger partial charge in [0.25, 0.3) is 5.91 Å². The molecule has 0 saturated carbocycles. The van der Waals surface area contributed by atoms with Gasteiger partial charge in [-0.1, -0.05) is 0 Å². The summed E-state index contributed by atoms with van der Waals surface area (Å²) in [5.41, 5.74) is 11.1. The second-order valence-electron chi connectivity index (χ2n) is 2.94. The molecule has 0 aliphatic carbocycles. The number of nitrogens with two attached hydrogens (primary N) is 2. The number of nitrogen functional groups attached to an aromatic ring is 1. The SMILES string of the molecule is COCCNc1sc(C#N)c(N)c1C(N)=O. The average Bonchev–Trinajstić information content (AvgIpc) is 2.55. The fourth-order valence-electron chi connectivity index (χ4n) is 1.16. The van der Waals surface area contributed by atoms with Gasteiger partial charge in [-0.15, -0.1) is 11.3 Å². The van der Waals surface area contributed by atoms with Gasteiger partial charge in [-0.05, 0) is 0 Å². The largest absolute Gasteiger partial charge is 0.396 e. The van der Waals surface area contributed by atoms with Crippen molar-refractivity contribution in [3.63, 3.8) is 0 Å². The first-order valence-electron chi connectivity index (χ1n) is 4.46. The van der Waals surface area contributed by atoms with E-state index in [-0.39, 0.29) is 16.1 Å². The Morgan fingerprint density at radius 2 is 2.38 bits per heavy atom. The molecule has 0 radical (unpaired) electrons. The van der Waals surface area contributed by atoms with Crippen molar-refractivity contribution < 1.29 is 9.53 Å². The first kappa shape index (κ1) is 12.3. The van der Waals surface area contributed by atoms with Crippen LogP contribution in [0.5, 0.6) is 0 Å². The number of carbonyl (C=O) groups excluding carboxylic acids is 1. The van der Waals surface area contributed by atoms with Gasteiger partial charge in [0.05, 0.1) is 17.9 Å². The van der Waals surface area contributed by atoms with Gasteiger partial charge < -0.3 is 21.5 Å². The van der Waals surface area contributed by atoms with Crippen LogP contribution in [0.15, 0.2) is 0 Å². The smallest absolute Gasteiger partial charge is 0.253 e. The number of primary amides is 1. The summed E-state index contributed by atoms with van der Waals surface area (Å²) in [6, 6.07) is 1.92. The van der Waals surface area contributed by atoms with Crippen molar-refractivity contribution in [1.82, 2.24) is 0 Å². The van der Waals surface area contributed by atoms with E-state index in [9.17, 15) is 4.79 Å². The van der Waals surface area contributed by atoms with E-state index in [2.05, 4.69) is 5.32 Å². The van der Waals surface area contributed by atoms with E-state index >= 15 is 0 Å². The minimum atomic E-state index is -0.643. The third-order valence-electron chi connectivity index (χ3n) is 1.88. The van der Waals surface area contributed by atoms with Crippen molar-refractivity contribution in [2.45, 2.75) is 0 Å². The summed E-state index contributed by atoms with van der Waals surface area (Å²) >= 11 is 1.11. The van der Waals surface area contributed by atoms with E-state index in [0.717, 1.165) is 11.3 Å². The lowest BCUT2D eigenvalue weighted by Gasteiger charge is -2.04. The van der Waals surface area contributed by atoms with Crippen molar-refractivity contribution in [1.29, 1.82) is 5.26 Å². The molecule has 6 nitrogen and oxygen atoms in total. The van der Waals surface area contributed by atoms with Gasteiger partial charge >= 0.3 is 0 Å². The summed E-state index contributed by atoms with van der Waals surface area (Å²) in [4.78, 5) is 11.5. The van der Waals surface area contributed by atoms with Crippen molar-refractivity contribution in [2.75, 3.05) is 31.3 Å². The van der Waals surface area contributed by atoms with Crippen LogP contribution in [0, 0.1) is 11.3 Å². The molecule has 1 heterocycles. The van der Waals surface area contributed by atoms with Crippen LogP contribution in [0.3, 0.4) is 0 Å². The van der Waals surface area contributed by atoms with Gasteiger partial charge in [0.1, 0.15) is 15.9 Å². The molecule has 0 aliphatic heterocycles. The van der Waals surface area contributed by atoms with E-state index in [0.29, 0.717) is 18.2 Å². The van der Waals surface area contributed by atoms with Crippen LogP contribution < -0.4 is 16.8 Å². The lowest BCUT2D eigenvalue weighted by molar-refractivity contribution is 0.100. The Kier molecular flexibility index (Phi) is 4.10. The number of ether oxygens (including phenoxy) is 1. The number of rotatable bonds is 5. The maximum Gasteiger partial charge on any atom is 0.253 e. The van der Waals surface area contributed by atoms with Crippen LogP contribution in [0.4, 0.5) is 10.7 Å². The molecule has 0 aromatic carbocycles. The highest BCUT2D eigenvalue weighted by molar-refractivity contribution is 7.17. The number of hydrogen-bond donors (Lipinski definition) is 3. The average molecular weight is 240 g/mol. The molecule has 1 rings (SSSR count). The molecule has 1 amide bonds. The maximum absolute atomic E-state index is 11.2. The molecule has 5 N–H and O–H groups in total. The molecule has 7 heteroatoms. The van der Waals surface area contributed by atoms with Crippen LogP contribution in [-0.2, 0) is 4.74 Å². The molecule has 16 heavy (non-hydrogen) atoms. The Hall–Kier alpha value is -1.78. The summed E-state index contributed by atoms with van der Waals surface area (Å²) < 4.78 is 4.86. The molecule has 86 valence electrons. The van der Waals surface area contributed by atoms with Crippen molar-refractivity contribution >= 4 is 27.9 Å². The number of methoxy groups -OCH3 is 1. The Morgan fingerprint density at radius 3 is 2.88 bits per heavy atom. The van der Waals surface area contributed by atoms with E-state index < -0.39 is 5.91 Å². The Balaban J connectivity index is 2.99. The molecule has 1 aromatic rings. The molecular formula is C9H12N4O2S. The summed E-state index contributed by atoms with van der Waals surface area (Å²) in [5.74, 6) is -0.643. The number of amides is 1. The molecule has 0 saturated heterocycles. The Labute approximate surface area is 96.8 Å². The van der Waals surface area contributed by atoms with Crippen molar-refractivity contribution in [3.05, 3.63) is 10.4 Å². The normalized spacial score (nSPS) is 9.75. The second-order valence-corrected chi connectivity index (χ2v) is 3.97. The molecule has 0 fully saturated rings. The quantitative estimate of drug-likeness (QED) is 0.643. The number of nitrogens with one attached hydrogen (secondary N) is 1. The molecule has 0 aliphatic rings. The van der Waals surface area contributed by atoms with Gasteiger partial charge in [0.2, 0.25) is 0 Å². The van der Waals surface area contributed by atoms with Gasteiger partial charge in [-0.2, -0.15) is 5.26 Å². The molecule has 0 spiro atoms. The molecule has 0 atom stereocenters. The standard InChI is InChI=1S/C9H12N4O2S/c1-15-3-2-13-9-6(8(12)14)7(11)5(4-10)16-9/h13H,2-3,11H2,1H3,(H2,12,14). The zero-order chi connectivity index (χ0) is 12.1. The topological polar surface area (TPSA) is 114 Å². The zero-order valence-electron chi connectivity index (χ0n) is 8.74. The van der Waals surface area contributed by atoms with Gasteiger partial charge in [-0.3, -0.25) is 4.79 Å². The monoisotopic (exact) mass is 240 g/mol. The highest BCUT2D eigenvalue weighted by Crippen LogP contribution is 2.34. The number of nitrogens with zero attached hydrogens (tertiary/aromatic N) is 1. The van der Waals surface area contributed by atoms with Crippen LogP contribution in [-0.4, -0.2) is 26.2 Å². The predicted molar refractivity (Wildman–Crippen MR) is 62.3 cm³/mol. The molecular weight excluding hydrogens is 228 g/mol. The summed E-state index contributed by atoms with van der Waals surface area (Å²) in [5, 5.41) is 12.3. The van der Waals surface area contributed by atoms with Crippen molar-refractivity contribution in [2.24, 2.45) is 5.73 Å². The fourth-order valence-corrected chi connectivity index (χ4v) is 2.11. The van der Waals surface area contributed by atoms with Crippen molar-refractivity contribution in [3.8, 4) is 6.07 Å². The summed E-state index contributed by atoms with van der Waals surface area (Å²) in [6.07, 6.45) is 0. The summed E-state index contributed by atoms with van der Waals surface area (Å²) in [6.45, 7) is 0.999. The Bertz CT molecular complexity index is 435. The minimum Gasteiger partial charge on any atom is -0.396 e. The number of hydrogen-bond acceptors (Lipinski definition) is 6. The van der Waals surface area contributed by atoms with E-state index in [1.807, 2.05) is 6.07 Å². The molecule has 0 bridgehead atoms. The van der Waals surface area contributed by atoms with E-state index in [4.69, 9.17) is 21.5 Å². The number of carbonyl (C=O) groups is 1.